The molecule has 0 fully saturated rings. The molecule has 6 heteroatoms. The summed E-state index contributed by atoms with van der Waals surface area (Å²) < 4.78 is 5.18. The zero-order chi connectivity index (χ0) is 13.5. The van der Waals surface area contributed by atoms with Crippen LogP contribution in [0.15, 0.2) is 33.7 Å². The lowest BCUT2D eigenvalue weighted by Gasteiger charge is -1.98. The van der Waals surface area contributed by atoms with Crippen LogP contribution in [0.2, 0.25) is 5.02 Å². The summed E-state index contributed by atoms with van der Waals surface area (Å²) in [5.41, 5.74) is 0. The van der Waals surface area contributed by atoms with Crippen molar-refractivity contribution in [3.63, 3.8) is 0 Å². The molecule has 1 aromatic carbocycles. The molecule has 0 aliphatic heterocycles. The van der Waals surface area contributed by atoms with Gasteiger partial charge in [-0.05, 0) is 30.8 Å². The van der Waals surface area contributed by atoms with Crippen LogP contribution in [0, 0.1) is 0 Å². The van der Waals surface area contributed by atoms with E-state index < -0.39 is 0 Å². The van der Waals surface area contributed by atoms with Crippen molar-refractivity contribution in [2.45, 2.75) is 24.0 Å². The molecule has 1 heterocycles. The van der Waals surface area contributed by atoms with Crippen molar-refractivity contribution in [2.75, 3.05) is 13.1 Å². The lowest BCUT2D eigenvalue weighted by atomic mass is 10.4. The number of likely N-dealkylation sites (N-methyl/N-ethyl adjacent to an activating group) is 1. The van der Waals surface area contributed by atoms with Gasteiger partial charge in [-0.3, -0.25) is 0 Å². The maximum absolute atomic E-state index is 5.84. The highest BCUT2D eigenvalue weighted by Crippen LogP contribution is 2.23. The van der Waals surface area contributed by atoms with Crippen molar-refractivity contribution in [3.8, 4) is 0 Å². The van der Waals surface area contributed by atoms with Gasteiger partial charge in [0.1, 0.15) is 0 Å². The molecule has 0 aliphatic rings. The summed E-state index contributed by atoms with van der Waals surface area (Å²) in [7, 11) is 0. The monoisotopic (exact) mass is 297 g/mol. The second-order valence-corrected chi connectivity index (χ2v) is 5.44. The molecule has 102 valence electrons. The number of benzene rings is 1. The highest BCUT2D eigenvalue weighted by Gasteiger charge is 2.06. The molecule has 0 atom stereocenters. The van der Waals surface area contributed by atoms with E-state index >= 15 is 0 Å². The average Bonchev–Trinajstić information content (AvgIpc) is 2.86. The van der Waals surface area contributed by atoms with Crippen LogP contribution >= 0.6 is 23.4 Å². The Labute approximate surface area is 121 Å². The van der Waals surface area contributed by atoms with Crippen molar-refractivity contribution in [1.29, 1.82) is 0 Å². The molecule has 0 radical (unpaired) electrons. The molecular weight excluding hydrogens is 282 g/mol. The van der Waals surface area contributed by atoms with Crippen LogP contribution in [-0.2, 0) is 12.2 Å². The van der Waals surface area contributed by atoms with E-state index in [-0.39, 0.29) is 0 Å². The Morgan fingerprint density at radius 1 is 1.32 bits per heavy atom. The standard InChI is InChI=1S/C13H16ClN3OS/c1-2-15-8-7-13-16-12(17-18-13)9-19-11-5-3-10(14)4-6-11/h3-6,15H,2,7-9H2,1H3. The van der Waals surface area contributed by atoms with Gasteiger partial charge in [0.25, 0.3) is 0 Å². The van der Waals surface area contributed by atoms with E-state index in [9.17, 15) is 0 Å². The van der Waals surface area contributed by atoms with Gasteiger partial charge in [0.2, 0.25) is 5.89 Å². The Hall–Kier alpha value is -1.04. The van der Waals surface area contributed by atoms with Crippen molar-refractivity contribution in [3.05, 3.63) is 41.0 Å². The minimum Gasteiger partial charge on any atom is -0.339 e. The van der Waals surface area contributed by atoms with Crippen LogP contribution < -0.4 is 5.32 Å². The fourth-order valence-corrected chi connectivity index (χ4v) is 2.37. The number of nitrogens with one attached hydrogen (secondary N) is 1. The number of nitrogens with zero attached hydrogens (tertiary/aromatic N) is 2. The van der Waals surface area contributed by atoms with Gasteiger partial charge in [0.15, 0.2) is 5.82 Å². The lowest BCUT2D eigenvalue weighted by molar-refractivity contribution is 0.372. The quantitative estimate of drug-likeness (QED) is 0.628. The SMILES string of the molecule is CCNCCc1nc(CSc2ccc(Cl)cc2)no1. The summed E-state index contributed by atoms with van der Waals surface area (Å²) in [4.78, 5) is 5.49. The van der Waals surface area contributed by atoms with E-state index in [1.54, 1.807) is 11.8 Å². The van der Waals surface area contributed by atoms with Crippen LogP contribution in [0.1, 0.15) is 18.6 Å². The fourth-order valence-electron chi connectivity index (χ4n) is 1.50. The maximum atomic E-state index is 5.84. The lowest BCUT2D eigenvalue weighted by Crippen LogP contribution is -2.16. The second-order valence-electron chi connectivity index (χ2n) is 3.95. The average molecular weight is 298 g/mol. The van der Waals surface area contributed by atoms with Gasteiger partial charge in [-0.2, -0.15) is 4.98 Å². The summed E-state index contributed by atoms with van der Waals surface area (Å²) in [6, 6.07) is 7.72. The number of thioether (sulfide) groups is 1. The first-order chi connectivity index (χ1) is 9.28. The smallest absolute Gasteiger partial charge is 0.227 e. The predicted octanol–water partition coefficient (Wildman–Crippen LogP) is 3.17. The van der Waals surface area contributed by atoms with Crippen molar-refractivity contribution < 1.29 is 4.52 Å². The van der Waals surface area contributed by atoms with Crippen LogP contribution in [0.25, 0.3) is 0 Å². The van der Waals surface area contributed by atoms with E-state index in [1.165, 1.54) is 0 Å². The Bertz CT molecular complexity index is 501. The Morgan fingerprint density at radius 3 is 2.84 bits per heavy atom. The van der Waals surface area contributed by atoms with Gasteiger partial charge in [0, 0.05) is 22.9 Å². The summed E-state index contributed by atoms with van der Waals surface area (Å²) >= 11 is 7.50. The Morgan fingerprint density at radius 2 is 2.11 bits per heavy atom. The second kappa shape index (κ2) is 7.53. The number of aromatic nitrogens is 2. The van der Waals surface area contributed by atoms with E-state index in [0.29, 0.717) is 11.6 Å². The van der Waals surface area contributed by atoms with Gasteiger partial charge < -0.3 is 9.84 Å². The molecule has 2 rings (SSSR count). The minimum absolute atomic E-state index is 0.688. The van der Waals surface area contributed by atoms with Gasteiger partial charge in [-0.15, -0.1) is 11.8 Å². The van der Waals surface area contributed by atoms with E-state index in [2.05, 4.69) is 22.4 Å². The number of rotatable bonds is 7. The third-order valence-corrected chi connectivity index (χ3v) is 3.72. The van der Waals surface area contributed by atoms with E-state index in [0.717, 1.165) is 35.3 Å². The van der Waals surface area contributed by atoms with Crippen molar-refractivity contribution in [2.24, 2.45) is 0 Å². The van der Waals surface area contributed by atoms with Gasteiger partial charge in [-0.25, -0.2) is 0 Å². The normalized spacial score (nSPS) is 10.8. The molecular formula is C13H16ClN3OS. The van der Waals surface area contributed by atoms with Gasteiger partial charge in [-0.1, -0.05) is 23.7 Å². The zero-order valence-corrected chi connectivity index (χ0v) is 12.3. The Kier molecular flexibility index (Phi) is 5.69. The van der Waals surface area contributed by atoms with E-state index in [1.807, 2.05) is 24.3 Å². The summed E-state index contributed by atoms with van der Waals surface area (Å²) in [5, 5.41) is 7.94. The molecule has 0 saturated carbocycles. The van der Waals surface area contributed by atoms with Crippen LogP contribution in [0.3, 0.4) is 0 Å². The fraction of sp³-hybridized carbons (Fsp3) is 0.385. The minimum atomic E-state index is 0.688. The van der Waals surface area contributed by atoms with Gasteiger partial charge in [0.05, 0.1) is 5.75 Å². The van der Waals surface area contributed by atoms with E-state index in [4.69, 9.17) is 16.1 Å². The van der Waals surface area contributed by atoms with Crippen LogP contribution in [0.5, 0.6) is 0 Å². The zero-order valence-electron chi connectivity index (χ0n) is 10.7. The largest absolute Gasteiger partial charge is 0.339 e. The van der Waals surface area contributed by atoms with Crippen molar-refractivity contribution in [1.82, 2.24) is 15.5 Å². The molecule has 0 saturated heterocycles. The first-order valence-electron chi connectivity index (χ1n) is 6.18. The van der Waals surface area contributed by atoms with Crippen LogP contribution in [-0.4, -0.2) is 23.2 Å². The summed E-state index contributed by atoms with van der Waals surface area (Å²) in [6.07, 6.45) is 0.770. The molecule has 0 spiro atoms. The first-order valence-corrected chi connectivity index (χ1v) is 7.55. The third kappa shape index (κ3) is 4.86. The maximum Gasteiger partial charge on any atom is 0.227 e. The summed E-state index contributed by atoms with van der Waals surface area (Å²) in [5.74, 6) is 2.12. The molecule has 1 N–H and O–H groups in total. The molecule has 0 bridgehead atoms. The molecule has 4 nitrogen and oxygen atoms in total. The predicted molar refractivity (Wildman–Crippen MR) is 77.6 cm³/mol. The number of hydrogen-bond acceptors (Lipinski definition) is 5. The highest BCUT2D eigenvalue weighted by molar-refractivity contribution is 7.98. The highest BCUT2D eigenvalue weighted by atomic mass is 35.5. The van der Waals surface area contributed by atoms with Crippen LogP contribution in [0.4, 0.5) is 0 Å². The van der Waals surface area contributed by atoms with Crippen molar-refractivity contribution >= 4 is 23.4 Å². The number of halogens is 1. The Balaban J connectivity index is 1.81. The topological polar surface area (TPSA) is 51.0 Å². The number of hydrogen-bond donors (Lipinski definition) is 1. The molecule has 19 heavy (non-hydrogen) atoms. The molecule has 0 unspecified atom stereocenters. The molecule has 0 amide bonds. The molecule has 0 aliphatic carbocycles. The molecule has 1 aromatic heterocycles. The first kappa shape index (κ1) is 14.4. The van der Waals surface area contributed by atoms with Gasteiger partial charge >= 0.3 is 0 Å². The molecule has 2 aromatic rings. The summed E-state index contributed by atoms with van der Waals surface area (Å²) in [6.45, 7) is 3.89. The third-order valence-electron chi connectivity index (χ3n) is 2.46.